The molecule has 1 fully saturated rings. The van der Waals surface area contributed by atoms with Crippen molar-refractivity contribution in [3.63, 3.8) is 0 Å². The van der Waals surface area contributed by atoms with Gasteiger partial charge in [-0.05, 0) is 37.5 Å². The minimum absolute atomic E-state index is 0.0139. The number of benzene rings is 2. The minimum atomic E-state index is -5.15. The lowest BCUT2D eigenvalue weighted by atomic mass is 10.0. The van der Waals surface area contributed by atoms with Crippen molar-refractivity contribution in [1.82, 2.24) is 19.7 Å². The molecular weight excluding hydrogens is 497 g/mol. The third-order valence-electron chi connectivity index (χ3n) is 6.38. The molecule has 2 aromatic heterocycles. The highest BCUT2D eigenvalue weighted by molar-refractivity contribution is 5.91. The topological polar surface area (TPSA) is 76.3 Å². The van der Waals surface area contributed by atoms with Crippen LogP contribution in [0.25, 0.3) is 22.3 Å². The summed E-state index contributed by atoms with van der Waals surface area (Å²) in [6.07, 6.45) is -1.03. The number of para-hydroxylation sites is 1. The van der Waals surface area contributed by atoms with Crippen LogP contribution in [0.3, 0.4) is 0 Å². The minimum Gasteiger partial charge on any atom is -0.503 e. The van der Waals surface area contributed by atoms with E-state index in [1.807, 2.05) is 35.2 Å². The van der Waals surface area contributed by atoms with E-state index in [1.165, 1.54) is 17.9 Å². The highest BCUT2D eigenvalue weighted by Crippen LogP contribution is 2.41. The van der Waals surface area contributed by atoms with Crippen LogP contribution < -0.4 is 9.64 Å². The van der Waals surface area contributed by atoms with Gasteiger partial charge in [-0.1, -0.05) is 18.2 Å². The number of aromatic nitrogens is 4. The Labute approximate surface area is 208 Å². The van der Waals surface area contributed by atoms with E-state index in [2.05, 4.69) is 15.1 Å². The molecular formula is C25H22F5N5O2. The van der Waals surface area contributed by atoms with Gasteiger partial charge in [0, 0.05) is 25.4 Å². The second-order valence-corrected chi connectivity index (χ2v) is 8.79. The van der Waals surface area contributed by atoms with Crippen molar-refractivity contribution in [2.75, 3.05) is 18.1 Å². The largest absolute Gasteiger partial charge is 0.503 e. The number of fused-ring (bicyclic) bond motifs is 1. The van der Waals surface area contributed by atoms with Gasteiger partial charge in [-0.2, -0.15) is 23.3 Å². The van der Waals surface area contributed by atoms with E-state index in [4.69, 9.17) is 4.74 Å². The predicted molar refractivity (Wildman–Crippen MR) is 125 cm³/mol. The lowest BCUT2D eigenvalue weighted by Gasteiger charge is -2.35. The summed E-state index contributed by atoms with van der Waals surface area (Å²) >= 11 is 0. The van der Waals surface area contributed by atoms with Gasteiger partial charge in [-0.3, -0.25) is 0 Å². The molecule has 1 N–H and O–H groups in total. The Morgan fingerprint density at radius 2 is 1.86 bits per heavy atom. The molecule has 1 atom stereocenters. The number of rotatable bonds is 5. The van der Waals surface area contributed by atoms with Gasteiger partial charge in [0.05, 0.1) is 17.0 Å². The van der Waals surface area contributed by atoms with Crippen LogP contribution in [-0.2, 0) is 13.2 Å². The number of hydrogen-bond donors (Lipinski definition) is 1. The summed E-state index contributed by atoms with van der Waals surface area (Å²) in [5.74, 6) is -4.24. The molecule has 0 saturated carbocycles. The molecule has 5 rings (SSSR count). The van der Waals surface area contributed by atoms with E-state index in [0.29, 0.717) is 25.2 Å². The maximum absolute atomic E-state index is 14.7. The number of ether oxygens (including phenoxy) is 1. The highest BCUT2D eigenvalue weighted by Gasteiger charge is 2.38. The molecule has 0 amide bonds. The first-order valence-electron chi connectivity index (χ1n) is 11.6. The van der Waals surface area contributed by atoms with E-state index in [9.17, 15) is 27.1 Å². The highest BCUT2D eigenvalue weighted by atomic mass is 19.4. The summed E-state index contributed by atoms with van der Waals surface area (Å²) in [5, 5.41) is 14.0. The zero-order valence-electron chi connectivity index (χ0n) is 19.6. The zero-order valence-corrected chi connectivity index (χ0v) is 19.6. The average Bonchev–Trinajstić information content (AvgIpc) is 3.21. The van der Waals surface area contributed by atoms with E-state index in [-0.39, 0.29) is 22.8 Å². The third-order valence-corrected chi connectivity index (χ3v) is 6.38. The molecule has 1 aliphatic heterocycles. The van der Waals surface area contributed by atoms with Crippen LogP contribution in [-0.4, -0.2) is 44.0 Å². The van der Waals surface area contributed by atoms with E-state index < -0.39 is 34.7 Å². The molecule has 0 aliphatic carbocycles. The molecule has 3 heterocycles. The van der Waals surface area contributed by atoms with Gasteiger partial charge in [0.1, 0.15) is 18.1 Å². The number of anilines is 1. The number of alkyl halides is 3. The number of halogens is 5. The van der Waals surface area contributed by atoms with E-state index in [1.54, 1.807) is 0 Å². The van der Waals surface area contributed by atoms with Crippen molar-refractivity contribution in [1.29, 1.82) is 0 Å². The third kappa shape index (κ3) is 4.63. The first-order chi connectivity index (χ1) is 17.6. The summed E-state index contributed by atoms with van der Waals surface area (Å²) < 4.78 is 75.8. The Balaban J connectivity index is 1.51. The van der Waals surface area contributed by atoms with Crippen molar-refractivity contribution in [2.24, 2.45) is 7.05 Å². The molecule has 194 valence electrons. The molecule has 1 saturated heterocycles. The molecule has 1 aliphatic rings. The van der Waals surface area contributed by atoms with E-state index in [0.717, 1.165) is 25.0 Å². The van der Waals surface area contributed by atoms with Crippen molar-refractivity contribution in [3.8, 4) is 22.8 Å². The maximum Gasteiger partial charge on any atom is 0.419 e. The molecule has 37 heavy (non-hydrogen) atoms. The van der Waals surface area contributed by atoms with Crippen molar-refractivity contribution < 1.29 is 31.8 Å². The molecule has 0 radical (unpaired) electrons. The number of nitrogens with zero attached hydrogens (tertiary/aromatic N) is 5. The molecule has 7 nitrogen and oxygen atoms in total. The number of piperidine rings is 1. The van der Waals surface area contributed by atoms with E-state index >= 15 is 0 Å². The number of phenolic OH excluding ortho intramolecular Hbond substituents is 1. The fourth-order valence-electron chi connectivity index (χ4n) is 4.51. The summed E-state index contributed by atoms with van der Waals surface area (Å²) in [4.78, 5) is 11.0. The molecule has 12 heteroatoms. The summed E-state index contributed by atoms with van der Waals surface area (Å²) in [5.41, 5.74) is -2.51. The van der Waals surface area contributed by atoms with Crippen molar-refractivity contribution in [3.05, 3.63) is 59.8 Å². The second kappa shape index (κ2) is 9.49. The normalized spacial score (nSPS) is 16.4. The molecule has 0 bridgehead atoms. The number of aryl methyl sites for hydroxylation is 1. The number of phenols is 1. The predicted octanol–water partition coefficient (Wildman–Crippen LogP) is 5.47. The van der Waals surface area contributed by atoms with Crippen LogP contribution in [0.5, 0.6) is 11.5 Å². The Morgan fingerprint density at radius 1 is 1.11 bits per heavy atom. The molecule has 4 aromatic rings. The van der Waals surface area contributed by atoms with Gasteiger partial charge in [-0.15, -0.1) is 0 Å². The fourth-order valence-corrected chi connectivity index (χ4v) is 4.51. The number of hydrogen-bond acceptors (Lipinski definition) is 6. The monoisotopic (exact) mass is 519 g/mol. The fraction of sp³-hybridized carbons (Fsp3) is 0.320. The van der Waals surface area contributed by atoms with Crippen LogP contribution in [0, 0.1) is 11.6 Å². The average molecular weight is 519 g/mol. The second-order valence-electron chi connectivity index (χ2n) is 8.79. The van der Waals surface area contributed by atoms with Crippen LogP contribution in [0.15, 0.2) is 42.6 Å². The van der Waals surface area contributed by atoms with Gasteiger partial charge in [-0.25, -0.2) is 18.4 Å². The summed E-state index contributed by atoms with van der Waals surface area (Å²) in [7, 11) is 1.50. The lowest BCUT2D eigenvalue weighted by molar-refractivity contribution is -0.140. The Morgan fingerprint density at radius 3 is 2.59 bits per heavy atom. The zero-order chi connectivity index (χ0) is 26.3. The van der Waals surface area contributed by atoms with Crippen molar-refractivity contribution >= 4 is 17.0 Å². The standard InChI is InChI=1S/C25H22F5N5O2/c1-34-23-17(21(33-34)16-11-18(25(28,29)30)20(27)22(36)19(16)26)12-31-24(32-23)35-10-6-5-7-14(35)13-37-15-8-3-2-4-9-15/h2-4,8-9,11-12,14,36H,5-7,10,13H2,1H3. The van der Waals surface area contributed by atoms with Gasteiger partial charge >= 0.3 is 6.18 Å². The SMILES string of the molecule is Cn1nc(-c2cc(C(F)(F)F)c(F)c(O)c2F)c2cnc(N3CCCCC3COc3ccccc3)nc21. The van der Waals surface area contributed by atoms with Crippen LogP contribution in [0.4, 0.5) is 27.9 Å². The Hall–Kier alpha value is -3.96. The Bertz CT molecular complexity index is 1440. The van der Waals surface area contributed by atoms with Crippen LogP contribution >= 0.6 is 0 Å². The summed E-state index contributed by atoms with van der Waals surface area (Å²) in [6, 6.07) is 9.67. The van der Waals surface area contributed by atoms with Gasteiger partial charge in [0.2, 0.25) is 5.95 Å². The van der Waals surface area contributed by atoms with Gasteiger partial charge in [0.15, 0.2) is 23.0 Å². The first-order valence-corrected chi connectivity index (χ1v) is 11.6. The van der Waals surface area contributed by atoms with Gasteiger partial charge < -0.3 is 14.7 Å². The maximum atomic E-state index is 14.7. The molecule has 0 spiro atoms. The smallest absolute Gasteiger partial charge is 0.419 e. The Kier molecular flexibility index (Phi) is 6.34. The first kappa shape index (κ1) is 24.7. The summed E-state index contributed by atoms with van der Waals surface area (Å²) in [6.45, 7) is 1.08. The quantitative estimate of drug-likeness (QED) is 0.353. The van der Waals surface area contributed by atoms with Gasteiger partial charge in [0.25, 0.3) is 0 Å². The van der Waals surface area contributed by atoms with Crippen LogP contribution in [0.2, 0.25) is 0 Å². The van der Waals surface area contributed by atoms with Crippen molar-refractivity contribution in [2.45, 2.75) is 31.5 Å². The lowest BCUT2D eigenvalue weighted by Crippen LogP contribution is -2.44. The number of aromatic hydroxyl groups is 1. The molecule has 2 aromatic carbocycles. The van der Waals surface area contributed by atoms with Crippen LogP contribution in [0.1, 0.15) is 24.8 Å². The molecule has 1 unspecified atom stereocenters.